The van der Waals surface area contributed by atoms with Gasteiger partial charge in [-0.1, -0.05) is 15.9 Å². The molecule has 0 saturated carbocycles. The van der Waals surface area contributed by atoms with Crippen LogP contribution in [0.1, 0.15) is 45.9 Å². The van der Waals surface area contributed by atoms with Crippen molar-refractivity contribution in [3.63, 3.8) is 0 Å². The Morgan fingerprint density at radius 2 is 1.39 bits per heavy atom. The smallest absolute Gasteiger partial charge is 0.292 e. The Morgan fingerprint density at radius 1 is 0.944 bits per heavy atom. The second-order valence-corrected chi connectivity index (χ2v) is 7.99. The summed E-state index contributed by atoms with van der Waals surface area (Å²) in [4.78, 5) is 24.8. The molecule has 0 aliphatic heterocycles. The van der Waals surface area contributed by atoms with Crippen LogP contribution in [-0.2, 0) is 9.99 Å². The highest BCUT2D eigenvalue weighted by atomic mass is 79.9. The van der Waals surface area contributed by atoms with Gasteiger partial charge in [-0.15, -0.1) is 0 Å². The Hall–Kier alpha value is -0.840. The third kappa shape index (κ3) is 2.46. The molecule has 0 spiro atoms. The van der Waals surface area contributed by atoms with E-state index >= 15 is 0 Å². The fourth-order valence-corrected chi connectivity index (χ4v) is 2.39. The molecule has 5 heteroatoms. The molecule has 0 aromatic carbocycles. The van der Waals surface area contributed by atoms with E-state index in [9.17, 15) is 9.59 Å². The maximum absolute atomic E-state index is 12.6. The van der Waals surface area contributed by atoms with Crippen LogP contribution in [0.5, 0.6) is 0 Å². The number of halogens is 1. The number of alkyl halides is 1. The van der Waals surface area contributed by atoms with Crippen molar-refractivity contribution in [1.29, 1.82) is 0 Å². The fourth-order valence-electron chi connectivity index (χ4n) is 2.08. The van der Waals surface area contributed by atoms with Crippen LogP contribution in [0.25, 0.3) is 0 Å². The lowest BCUT2D eigenvalue weighted by atomic mass is 10.1. The van der Waals surface area contributed by atoms with Gasteiger partial charge in [0.1, 0.15) is 4.45 Å². The molecule has 18 heavy (non-hydrogen) atoms. The molecule has 1 aromatic rings. The maximum Gasteiger partial charge on any atom is 0.332 e. The van der Waals surface area contributed by atoms with Crippen LogP contribution in [0.2, 0.25) is 0 Å². The van der Waals surface area contributed by atoms with Crippen molar-refractivity contribution >= 4 is 15.9 Å². The Morgan fingerprint density at radius 3 is 1.72 bits per heavy atom. The van der Waals surface area contributed by atoms with Crippen LogP contribution in [0, 0.1) is 13.8 Å². The summed E-state index contributed by atoms with van der Waals surface area (Å²) in [5.74, 6) is 0. The minimum atomic E-state index is -0.702. The van der Waals surface area contributed by atoms with E-state index in [0.29, 0.717) is 5.56 Å². The van der Waals surface area contributed by atoms with Crippen LogP contribution in [0.15, 0.2) is 9.59 Å². The molecule has 4 nitrogen and oxygen atoms in total. The van der Waals surface area contributed by atoms with Gasteiger partial charge in [0.25, 0.3) is 5.56 Å². The fraction of sp³-hybridized carbons (Fsp3) is 0.692. The summed E-state index contributed by atoms with van der Waals surface area (Å²) >= 11 is 3.40. The molecule has 0 atom stereocenters. The highest BCUT2D eigenvalue weighted by molar-refractivity contribution is 9.09. The molecule has 1 heterocycles. The zero-order chi connectivity index (χ0) is 14.5. The average Bonchev–Trinajstić information content (AvgIpc) is 2.09. The Kier molecular flexibility index (Phi) is 3.69. The quantitative estimate of drug-likeness (QED) is 0.747. The molecule has 0 saturated heterocycles. The predicted molar refractivity (Wildman–Crippen MR) is 77.7 cm³/mol. The van der Waals surface area contributed by atoms with Crippen LogP contribution >= 0.6 is 15.9 Å². The van der Waals surface area contributed by atoms with Gasteiger partial charge in [-0.3, -0.25) is 9.36 Å². The topological polar surface area (TPSA) is 44.0 Å². The summed E-state index contributed by atoms with van der Waals surface area (Å²) in [5, 5.41) is 0. The highest BCUT2D eigenvalue weighted by Gasteiger charge is 2.27. The molecule has 1 aromatic heterocycles. The van der Waals surface area contributed by atoms with Crippen molar-refractivity contribution in [2.75, 3.05) is 0 Å². The molecule has 0 bridgehead atoms. The molecular weight excluding hydrogens is 296 g/mol. The zero-order valence-corrected chi connectivity index (χ0v) is 13.7. The van der Waals surface area contributed by atoms with E-state index in [1.807, 2.05) is 27.7 Å². The summed E-state index contributed by atoms with van der Waals surface area (Å²) in [6, 6.07) is 0. The van der Waals surface area contributed by atoms with Gasteiger partial charge in [0, 0.05) is 16.8 Å². The summed E-state index contributed by atoms with van der Waals surface area (Å²) in [6.07, 6.45) is 0. The van der Waals surface area contributed by atoms with Crippen molar-refractivity contribution in [2.45, 2.75) is 58.5 Å². The van der Waals surface area contributed by atoms with Crippen molar-refractivity contribution in [3.8, 4) is 0 Å². The first-order chi connectivity index (χ1) is 7.89. The normalized spacial score (nSPS) is 12.9. The Balaban J connectivity index is 3.97. The first kappa shape index (κ1) is 15.2. The van der Waals surface area contributed by atoms with Gasteiger partial charge in [0.2, 0.25) is 0 Å². The van der Waals surface area contributed by atoms with Crippen LogP contribution in [0.3, 0.4) is 0 Å². The highest BCUT2D eigenvalue weighted by Crippen LogP contribution is 2.21. The molecule has 0 aliphatic rings. The molecule has 0 amide bonds. The van der Waals surface area contributed by atoms with Crippen molar-refractivity contribution < 1.29 is 0 Å². The number of aromatic nitrogens is 2. The number of hydrogen-bond acceptors (Lipinski definition) is 2. The molecular formula is C13H21BrN2O2. The second kappa shape index (κ2) is 4.37. The van der Waals surface area contributed by atoms with E-state index in [1.165, 1.54) is 4.57 Å². The zero-order valence-electron chi connectivity index (χ0n) is 12.1. The monoisotopic (exact) mass is 316 g/mol. The molecule has 0 N–H and O–H groups in total. The maximum atomic E-state index is 12.6. The lowest BCUT2D eigenvalue weighted by Gasteiger charge is -2.29. The number of nitrogens with zero attached hydrogens (tertiary/aromatic N) is 2. The van der Waals surface area contributed by atoms with E-state index in [4.69, 9.17) is 0 Å². The van der Waals surface area contributed by atoms with Gasteiger partial charge < -0.3 is 0 Å². The molecule has 1 rings (SSSR count). The minimum absolute atomic E-state index is 0.236. The lowest BCUT2D eigenvalue weighted by Crippen LogP contribution is -2.51. The molecule has 0 unspecified atom stereocenters. The SMILES string of the molecule is Cc1c(C)n(C(C)(C)C)c(=O)n(C(C)(C)Br)c1=O. The van der Waals surface area contributed by atoms with Crippen LogP contribution in [0.4, 0.5) is 0 Å². The van der Waals surface area contributed by atoms with Gasteiger partial charge in [0.15, 0.2) is 0 Å². The molecule has 0 fully saturated rings. The van der Waals surface area contributed by atoms with Gasteiger partial charge in [0.05, 0.1) is 0 Å². The summed E-state index contributed by atoms with van der Waals surface area (Å²) < 4.78 is 2.24. The van der Waals surface area contributed by atoms with Crippen LogP contribution in [-0.4, -0.2) is 9.13 Å². The van der Waals surface area contributed by atoms with Crippen molar-refractivity contribution in [1.82, 2.24) is 9.13 Å². The first-order valence-electron chi connectivity index (χ1n) is 5.94. The molecule has 0 aliphatic carbocycles. The minimum Gasteiger partial charge on any atom is -0.292 e. The van der Waals surface area contributed by atoms with Crippen molar-refractivity contribution in [2.24, 2.45) is 0 Å². The second-order valence-electron chi connectivity index (χ2n) is 6.05. The number of hydrogen-bond donors (Lipinski definition) is 0. The largest absolute Gasteiger partial charge is 0.332 e. The third-order valence-corrected chi connectivity index (χ3v) is 3.34. The Labute approximate surface area is 116 Å². The van der Waals surface area contributed by atoms with Crippen molar-refractivity contribution in [3.05, 3.63) is 32.1 Å². The molecule has 0 radical (unpaired) electrons. The van der Waals surface area contributed by atoms with E-state index in [-0.39, 0.29) is 16.8 Å². The van der Waals surface area contributed by atoms with Gasteiger partial charge in [-0.05, 0) is 48.5 Å². The lowest BCUT2D eigenvalue weighted by molar-refractivity contribution is 0.339. The van der Waals surface area contributed by atoms with E-state index < -0.39 is 4.45 Å². The third-order valence-electron chi connectivity index (χ3n) is 2.99. The summed E-state index contributed by atoms with van der Waals surface area (Å²) in [5.41, 5.74) is 0.458. The van der Waals surface area contributed by atoms with Gasteiger partial charge in [-0.2, -0.15) is 0 Å². The standard InChI is InChI=1S/C13H21BrN2O2/c1-8-9(2)15(12(3,4)5)11(18)16(10(8)17)13(6,7)14/h1-7H3. The summed E-state index contributed by atoms with van der Waals surface area (Å²) in [7, 11) is 0. The molecule has 102 valence electrons. The predicted octanol–water partition coefficient (Wildman–Crippen LogP) is 2.47. The van der Waals surface area contributed by atoms with E-state index in [0.717, 1.165) is 5.69 Å². The van der Waals surface area contributed by atoms with Gasteiger partial charge >= 0.3 is 5.69 Å². The Bertz CT molecular complexity index is 583. The average molecular weight is 317 g/mol. The van der Waals surface area contributed by atoms with Crippen LogP contribution < -0.4 is 11.2 Å². The summed E-state index contributed by atoms with van der Waals surface area (Å²) in [6.45, 7) is 13.0. The van der Waals surface area contributed by atoms with Gasteiger partial charge in [-0.25, -0.2) is 9.36 Å². The first-order valence-corrected chi connectivity index (χ1v) is 6.73. The van der Waals surface area contributed by atoms with E-state index in [1.54, 1.807) is 25.3 Å². The van der Waals surface area contributed by atoms with E-state index in [2.05, 4.69) is 15.9 Å². The number of rotatable bonds is 1.